The first-order valence-electron chi connectivity index (χ1n) is 5.95. The minimum Gasteiger partial charge on any atom is -0.271 e. The summed E-state index contributed by atoms with van der Waals surface area (Å²) in [5.74, 6) is 5.70. The predicted octanol–water partition coefficient (Wildman–Crippen LogP) is 3.24. The molecule has 1 aromatic carbocycles. The summed E-state index contributed by atoms with van der Waals surface area (Å²) < 4.78 is 0. The Morgan fingerprint density at radius 1 is 1.25 bits per heavy atom. The van der Waals surface area contributed by atoms with Crippen molar-refractivity contribution in [2.75, 3.05) is 0 Å². The third-order valence-corrected chi connectivity index (χ3v) is 3.72. The van der Waals surface area contributed by atoms with Crippen LogP contribution in [0, 0.1) is 19.3 Å². The second kappa shape index (κ2) is 4.98. The lowest BCUT2D eigenvalue weighted by atomic mass is 9.78. The van der Waals surface area contributed by atoms with Gasteiger partial charge >= 0.3 is 0 Å². The Kier molecular flexibility index (Phi) is 4.11. The van der Waals surface area contributed by atoms with E-state index in [1.54, 1.807) is 0 Å². The molecule has 1 unspecified atom stereocenters. The molecule has 1 aromatic rings. The van der Waals surface area contributed by atoms with Gasteiger partial charge in [0.15, 0.2) is 0 Å². The zero-order valence-corrected chi connectivity index (χ0v) is 11.1. The van der Waals surface area contributed by atoms with E-state index < -0.39 is 0 Å². The van der Waals surface area contributed by atoms with Crippen molar-refractivity contribution in [2.24, 2.45) is 11.3 Å². The summed E-state index contributed by atoms with van der Waals surface area (Å²) in [5.41, 5.74) is 7.05. The van der Waals surface area contributed by atoms with Crippen LogP contribution in [0.3, 0.4) is 0 Å². The van der Waals surface area contributed by atoms with E-state index in [4.69, 9.17) is 5.84 Å². The third-order valence-electron chi connectivity index (χ3n) is 3.72. The molecule has 1 atom stereocenters. The van der Waals surface area contributed by atoms with Gasteiger partial charge in [0, 0.05) is 0 Å². The van der Waals surface area contributed by atoms with E-state index in [0.717, 1.165) is 6.42 Å². The first kappa shape index (κ1) is 13.2. The number of benzene rings is 1. The summed E-state index contributed by atoms with van der Waals surface area (Å²) >= 11 is 0. The average Bonchev–Trinajstić information content (AvgIpc) is 2.24. The summed E-state index contributed by atoms with van der Waals surface area (Å²) in [4.78, 5) is 0. The molecule has 0 aliphatic heterocycles. The van der Waals surface area contributed by atoms with Crippen LogP contribution in [0.2, 0.25) is 0 Å². The maximum absolute atomic E-state index is 5.70. The summed E-state index contributed by atoms with van der Waals surface area (Å²) in [7, 11) is 0. The zero-order chi connectivity index (χ0) is 12.3. The fraction of sp³-hybridized carbons (Fsp3) is 0.571. The van der Waals surface area contributed by atoms with Crippen molar-refractivity contribution in [3.63, 3.8) is 0 Å². The van der Waals surface area contributed by atoms with E-state index in [9.17, 15) is 0 Å². The Bertz CT molecular complexity index is 356. The van der Waals surface area contributed by atoms with Crippen molar-refractivity contribution < 1.29 is 0 Å². The highest BCUT2D eigenvalue weighted by Crippen LogP contribution is 2.36. The van der Waals surface area contributed by atoms with Gasteiger partial charge in [0.25, 0.3) is 0 Å². The van der Waals surface area contributed by atoms with Gasteiger partial charge in [0.05, 0.1) is 6.04 Å². The molecule has 0 saturated heterocycles. The molecular weight excluding hydrogens is 196 g/mol. The van der Waals surface area contributed by atoms with E-state index in [1.807, 2.05) is 0 Å². The number of nitrogens with one attached hydrogen (secondary N) is 1. The molecule has 0 aliphatic carbocycles. The SMILES string of the molecule is CCC(C)(C)C(NN)c1ccc(C)c(C)c1. The second-order valence-corrected chi connectivity index (χ2v) is 5.29. The smallest absolute Gasteiger partial charge is 0.0510 e. The molecule has 1 rings (SSSR count). The Morgan fingerprint density at radius 2 is 1.88 bits per heavy atom. The highest BCUT2D eigenvalue weighted by atomic mass is 15.2. The lowest BCUT2D eigenvalue weighted by Crippen LogP contribution is -2.38. The monoisotopic (exact) mass is 220 g/mol. The molecule has 2 nitrogen and oxygen atoms in total. The lowest BCUT2D eigenvalue weighted by Gasteiger charge is -2.33. The Labute approximate surface area is 99.2 Å². The molecule has 0 aliphatic rings. The number of hydrogen-bond acceptors (Lipinski definition) is 2. The van der Waals surface area contributed by atoms with Crippen molar-refractivity contribution in [3.8, 4) is 0 Å². The molecule has 2 heteroatoms. The van der Waals surface area contributed by atoms with Crippen LogP contribution in [0.25, 0.3) is 0 Å². The lowest BCUT2D eigenvalue weighted by molar-refractivity contribution is 0.236. The average molecular weight is 220 g/mol. The molecular formula is C14H24N2. The van der Waals surface area contributed by atoms with Gasteiger partial charge in [-0.2, -0.15) is 0 Å². The van der Waals surface area contributed by atoms with Gasteiger partial charge < -0.3 is 0 Å². The van der Waals surface area contributed by atoms with Gasteiger partial charge in [-0.1, -0.05) is 39.0 Å². The molecule has 3 N–H and O–H groups in total. The normalized spacial score (nSPS) is 13.9. The molecule has 0 saturated carbocycles. The van der Waals surface area contributed by atoms with Gasteiger partial charge in [-0.3, -0.25) is 11.3 Å². The number of nitrogens with two attached hydrogens (primary N) is 1. The predicted molar refractivity (Wildman–Crippen MR) is 70.1 cm³/mol. The van der Waals surface area contributed by atoms with Crippen LogP contribution in [0.5, 0.6) is 0 Å². The summed E-state index contributed by atoms with van der Waals surface area (Å²) in [6, 6.07) is 6.78. The quantitative estimate of drug-likeness (QED) is 0.604. The molecule has 0 bridgehead atoms. The molecule has 0 aromatic heterocycles. The fourth-order valence-electron chi connectivity index (χ4n) is 1.92. The summed E-state index contributed by atoms with van der Waals surface area (Å²) in [6.07, 6.45) is 1.09. The minimum absolute atomic E-state index is 0.163. The van der Waals surface area contributed by atoms with Crippen LogP contribution >= 0.6 is 0 Å². The topological polar surface area (TPSA) is 38.0 Å². The molecule has 0 radical (unpaired) electrons. The molecule has 90 valence electrons. The fourth-order valence-corrected chi connectivity index (χ4v) is 1.92. The van der Waals surface area contributed by atoms with Crippen LogP contribution in [-0.2, 0) is 0 Å². The standard InChI is InChI=1S/C14H24N2/c1-6-14(4,5)13(16-15)12-8-7-10(2)11(3)9-12/h7-9,13,16H,6,15H2,1-5H3. The molecule has 0 amide bonds. The number of rotatable bonds is 4. The van der Waals surface area contributed by atoms with Crippen LogP contribution in [0.15, 0.2) is 18.2 Å². The van der Waals surface area contributed by atoms with Gasteiger partial charge in [0.2, 0.25) is 0 Å². The van der Waals surface area contributed by atoms with Crippen LogP contribution in [0.4, 0.5) is 0 Å². The Hall–Kier alpha value is -0.860. The van der Waals surface area contributed by atoms with Gasteiger partial charge in [0.1, 0.15) is 0 Å². The third kappa shape index (κ3) is 2.63. The number of aryl methyl sites for hydroxylation is 2. The van der Waals surface area contributed by atoms with Crippen LogP contribution in [-0.4, -0.2) is 0 Å². The first-order chi connectivity index (χ1) is 7.42. The highest BCUT2D eigenvalue weighted by molar-refractivity contribution is 5.32. The van der Waals surface area contributed by atoms with E-state index in [2.05, 4.69) is 58.2 Å². The minimum atomic E-state index is 0.163. The van der Waals surface area contributed by atoms with Crippen molar-refractivity contribution in [3.05, 3.63) is 34.9 Å². The van der Waals surface area contributed by atoms with Crippen LogP contribution < -0.4 is 11.3 Å². The van der Waals surface area contributed by atoms with Crippen molar-refractivity contribution in [1.82, 2.24) is 5.43 Å². The van der Waals surface area contributed by atoms with Crippen molar-refractivity contribution >= 4 is 0 Å². The highest BCUT2D eigenvalue weighted by Gasteiger charge is 2.28. The summed E-state index contributed by atoms with van der Waals surface area (Å²) in [6.45, 7) is 11.0. The largest absolute Gasteiger partial charge is 0.271 e. The van der Waals surface area contributed by atoms with Crippen molar-refractivity contribution in [2.45, 2.75) is 47.1 Å². The van der Waals surface area contributed by atoms with E-state index in [-0.39, 0.29) is 11.5 Å². The van der Waals surface area contributed by atoms with Gasteiger partial charge in [-0.15, -0.1) is 0 Å². The Morgan fingerprint density at radius 3 is 2.31 bits per heavy atom. The maximum Gasteiger partial charge on any atom is 0.0510 e. The summed E-state index contributed by atoms with van der Waals surface area (Å²) in [5, 5.41) is 0. The number of hydrazine groups is 1. The molecule has 16 heavy (non-hydrogen) atoms. The molecule has 0 fully saturated rings. The van der Waals surface area contributed by atoms with E-state index in [1.165, 1.54) is 16.7 Å². The second-order valence-electron chi connectivity index (χ2n) is 5.29. The zero-order valence-electron chi connectivity index (χ0n) is 11.1. The van der Waals surface area contributed by atoms with Gasteiger partial charge in [-0.05, 0) is 42.4 Å². The maximum atomic E-state index is 5.70. The Balaban J connectivity index is 3.09. The van der Waals surface area contributed by atoms with Gasteiger partial charge in [-0.25, -0.2) is 0 Å². The number of hydrogen-bond donors (Lipinski definition) is 2. The molecule has 0 spiro atoms. The van der Waals surface area contributed by atoms with Crippen molar-refractivity contribution in [1.29, 1.82) is 0 Å². The van der Waals surface area contributed by atoms with E-state index in [0.29, 0.717) is 0 Å². The van der Waals surface area contributed by atoms with Crippen LogP contribution in [0.1, 0.15) is 49.9 Å². The molecule has 0 heterocycles. The van der Waals surface area contributed by atoms with E-state index >= 15 is 0 Å². The first-order valence-corrected chi connectivity index (χ1v) is 5.95.